The van der Waals surface area contributed by atoms with Gasteiger partial charge in [-0.1, -0.05) is 32.1 Å². The molecule has 6 atom stereocenters. The lowest BCUT2D eigenvalue weighted by Crippen LogP contribution is -2.52. The molecule has 5 rings (SSSR count). The van der Waals surface area contributed by atoms with Crippen molar-refractivity contribution < 1.29 is 19.1 Å². The second-order valence-electron chi connectivity index (χ2n) is 12.5. The third-order valence-corrected chi connectivity index (χ3v) is 10.4. The maximum atomic E-state index is 13.7. The minimum Gasteiger partial charge on any atom is -0.478 e. The number of halogens is 1. The van der Waals surface area contributed by atoms with Crippen LogP contribution in [0.15, 0.2) is 47.6 Å². The van der Waals surface area contributed by atoms with Gasteiger partial charge in [-0.25, -0.2) is 9.18 Å². The van der Waals surface area contributed by atoms with Crippen LogP contribution < -0.4 is 5.32 Å². The van der Waals surface area contributed by atoms with Crippen LogP contribution in [0.4, 0.5) is 4.39 Å². The van der Waals surface area contributed by atoms with Gasteiger partial charge >= 0.3 is 5.97 Å². The van der Waals surface area contributed by atoms with Gasteiger partial charge in [-0.2, -0.15) is 0 Å². The molecule has 4 nitrogen and oxygen atoms in total. The van der Waals surface area contributed by atoms with Crippen LogP contribution in [0, 0.1) is 40.3 Å². The predicted octanol–water partition coefficient (Wildman–Crippen LogP) is 6.38. The molecule has 0 spiro atoms. The van der Waals surface area contributed by atoms with Gasteiger partial charge in [0.1, 0.15) is 5.82 Å². The van der Waals surface area contributed by atoms with Crippen molar-refractivity contribution in [2.75, 3.05) is 0 Å². The van der Waals surface area contributed by atoms with Crippen LogP contribution >= 0.6 is 0 Å². The Morgan fingerprint density at radius 3 is 2.46 bits per heavy atom. The molecule has 0 aromatic heterocycles. The summed E-state index contributed by atoms with van der Waals surface area (Å²) in [5.41, 5.74) is 2.10. The summed E-state index contributed by atoms with van der Waals surface area (Å²) in [5, 5.41) is 12.8. The number of carboxylic acid groups (broad SMARTS) is 1. The maximum absolute atomic E-state index is 13.7. The molecule has 1 aromatic carbocycles. The van der Waals surface area contributed by atoms with E-state index in [1.807, 2.05) is 19.9 Å². The summed E-state index contributed by atoms with van der Waals surface area (Å²) >= 11 is 0. The van der Waals surface area contributed by atoms with Crippen LogP contribution in [-0.2, 0) is 15.1 Å². The molecule has 4 aliphatic rings. The number of allylic oxidation sites excluding steroid dienone is 3. The normalized spacial score (nSPS) is 36.3. The first-order valence-corrected chi connectivity index (χ1v) is 13.2. The average Bonchev–Trinajstić information content (AvgIpc) is 3.15. The van der Waals surface area contributed by atoms with Crippen molar-refractivity contribution in [3.63, 3.8) is 0 Å². The number of carbonyl (C=O) groups is 2. The first-order chi connectivity index (χ1) is 16.5. The zero-order valence-electron chi connectivity index (χ0n) is 21.4. The molecule has 35 heavy (non-hydrogen) atoms. The van der Waals surface area contributed by atoms with E-state index in [0.29, 0.717) is 29.7 Å². The van der Waals surface area contributed by atoms with E-state index in [4.69, 9.17) is 0 Å². The molecule has 1 aromatic rings. The largest absolute Gasteiger partial charge is 0.478 e. The van der Waals surface area contributed by atoms with E-state index in [1.54, 1.807) is 12.1 Å². The summed E-state index contributed by atoms with van der Waals surface area (Å²) in [6.07, 6.45) is 10.9. The van der Waals surface area contributed by atoms with E-state index < -0.39 is 11.5 Å². The number of fused-ring (bicyclic) bond motifs is 5. The molecule has 0 unspecified atom stereocenters. The molecule has 2 N–H and O–H groups in total. The SMILES string of the molecule is CC(C)(NC(=O)[C@H]1CC[C@H]2[C@@H]3CC=C4C=C(C(=O)O)CC[C@]4(C)[C@H]3CC[C@]12C)c1ccc(F)cc1. The number of carboxylic acids is 1. The Morgan fingerprint density at radius 1 is 1.06 bits per heavy atom. The Bertz CT molecular complexity index is 1100. The van der Waals surface area contributed by atoms with Gasteiger partial charge in [-0.3, -0.25) is 4.79 Å². The summed E-state index contributed by atoms with van der Waals surface area (Å²) in [4.78, 5) is 25.2. The molecule has 1 amide bonds. The van der Waals surface area contributed by atoms with Gasteiger partial charge in [0.15, 0.2) is 0 Å². The Balaban J connectivity index is 1.36. The summed E-state index contributed by atoms with van der Waals surface area (Å²) < 4.78 is 13.4. The number of benzene rings is 1. The molecule has 5 heteroatoms. The lowest BCUT2D eigenvalue weighted by atomic mass is 9.48. The Hall–Kier alpha value is -2.43. The maximum Gasteiger partial charge on any atom is 0.331 e. The predicted molar refractivity (Wildman–Crippen MR) is 134 cm³/mol. The number of hydrogen-bond donors (Lipinski definition) is 2. The van der Waals surface area contributed by atoms with Crippen LogP contribution in [0.1, 0.15) is 78.2 Å². The van der Waals surface area contributed by atoms with Gasteiger partial charge in [0.2, 0.25) is 5.91 Å². The van der Waals surface area contributed by atoms with Crippen molar-refractivity contribution in [3.8, 4) is 0 Å². The van der Waals surface area contributed by atoms with Crippen molar-refractivity contribution in [3.05, 3.63) is 58.9 Å². The minimum atomic E-state index is -0.792. The van der Waals surface area contributed by atoms with Crippen molar-refractivity contribution in [1.82, 2.24) is 5.32 Å². The van der Waals surface area contributed by atoms with Crippen LogP contribution in [0.25, 0.3) is 0 Å². The zero-order valence-corrected chi connectivity index (χ0v) is 21.4. The van der Waals surface area contributed by atoms with Crippen molar-refractivity contribution in [1.29, 1.82) is 0 Å². The molecule has 0 radical (unpaired) electrons. The molecule has 2 saturated carbocycles. The zero-order chi connectivity index (χ0) is 25.2. The van der Waals surface area contributed by atoms with E-state index in [2.05, 4.69) is 25.2 Å². The van der Waals surface area contributed by atoms with Crippen molar-refractivity contribution in [2.45, 2.75) is 78.2 Å². The number of aliphatic carboxylic acids is 1. The molecule has 0 saturated heterocycles. The molecule has 4 aliphatic carbocycles. The molecule has 0 bridgehead atoms. The van der Waals surface area contributed by atoms with Gasteiger partial charge < -0.3 is 10.4 Å². The van der Waals surface area contributed by atoms with Gasteiger partial charge in [0.25, 0.3) is 0 Å². The van der Waals surface area contributed by atoms with E-state index in [9.17, 15) is 19.1 Å². The molecule has 0 heterocycles. The number of hydrogen-bond acceptors (Lipinski definition) is 2. The van der Waals surface area contributed by atoms with E-state index >= 15 is 0 Å². The van der Waals surface area contributed by atoms with Gasteiger partial charge in [-0.05, 0) is 117 Å². The Kier molecular flexibility index (Phi) is 5.77. The number of rotatable bonds is 4. The summed E-state index contributed by atoms with van der Waals surface area (Å²) in [6.45, 7) is 8.65. The standard InChI is InChI=1S/C30H38FNO3/c1-28(2,19-5-8-21(31)9-6-19)32-26(33)25-12-11-23-22-10-7-20-17-18(27(34)35)13-15-29(20,3)24(22)14-16-30(23,25)4/h5-9,17,22-25H,10-16H2,1-4H3,(H,32,33)(H,34,35)/t22-,23-,24-,25+,29-,30-/m0/s1. The van der Waals surface area contributed by atoms with Gasteiger partial charge in [0.05, 0.1) is 5.54 Å². The third kappa shape index (κ3) is 3.86. The minimum absolute atomic E-state index is 0.0174. The lowest BCUT2D eigenvalue weighted by Gasteiger charge is -2.57. The van der Waals surface area contributed by atoms with Crippen LogP contribution in [0.2, 0.25) is 0 Å². The number of nitrogens with one attached hydrogen (secondary N) is 1. The first kappa shape index (κ1) is 24.3. The molecule has 0 aliphatic heterocycles. The smallest absolute Gasteiger partial charge is 0.331 e. The second-order valence-corrected chi connectivity index (χ2v) is 12.5. The van der Waals surface area contributed by atoms with E-state index in [0.717, 1.165) is 44.1 Å². The van der Waals surface area contributed by atoms with Gasteiger partial charge in [-0.15, -0.1) is 0 Å². The fraction of sp³-hybridized carbons (Fsp3) is 0.600. The quantitative estimate of drug-likeness (QED) is 0.527. The molecular weight excluding hydrogens is 441 g/mol. The molecule has 188 valence electrons. The van der Waals surface area contributed by atoms with Crippen molar-refractivity contribution >= 4 is 11.9 Å². The fourth-order valence-electron chi connectivity index (χ4n) is 8.26. The molecule has 2 fully saturated rings. The highest BCUT2D eigenvalue weighted by Crippen LogP contribution is 2.66. The first-order valence-electron chi connectivity index (χ1n) is 13.2. The average molecular weight is 480 g/mol. The van der Waals surface area contributed by atoms with Crippen LogP contribution in [-0.4, -0.2) is 17.0 Å². The summed E-state index contributed by atoms with van der Waals surface area (Å²) in [7, 11) is 0. The number of carbonyl (C=O) groups excluding carboxylic acids is 1. The third-order valence-electron chi connectivity index (χ3n) is 10.4. The highest BCUT2D eigenvalue weighted by atomic mass is 19.1. The highest BCUT2D eigenvalue weighted by molar-refractivity contribution is 5.87. The summed E-state index contributed by atoms with van der Waals surface area (Å²) in [6, 6.07) is 6.40. The molecular formula is C30H38FNO3. The summed E-state index contributed by atoms with van der Waals surface area (Å²) in [5.74, 6) is 0.633. The van der Waals surface area contributed by atoms with E-state index in [-0.39, 0.29) is 28.5 Å². The topological polar surface area (TPSA) is 66.4 Å². The number of amides is 1. The fourth-order valence-corrected chi connectivity index (χ4v) is 8.26. The van der Waals surface area contributed by atoms with Crippen molar-refractivity contribution in [2.24, 2.45) is 34.5 Å². The van der Waals surface area contributed by atoms with Crippen LogP contribution in [0.3, 0.4) is 0 Å². The van der Waals surface area contributed by atoms with Gasteiger partial charge in [0, 0.05) is 11.5 Å². The second kappa shape index (κ2) is 8.31. The highest BCUT2D eigenvalue weighted by Gasteiger charge is 2.59. The monoisotopic (exact) mass is 479 g/mol. The van der Waals surface area contributed by atoms with E-state index in [1.165, 1.54) is 17.7 Å². The van der Waals surface area contributed by atoms with Crippen LogP contribution in [0.5, 0.6) is 0 Å². The Morgan fingerprint density at radius 2 is 1.77 bits per heavy atom. The lowest BCUT2D eigenvalue weighted by molar-refractivity contribution is -0.133. The Labute approximate surface area is 208 Å².